The van der Waals surface area contributed by atoms with E-state index in [1.807, 2.05) is 55.9 Å². The number of allylic oxidation sites excluding steroid dienone is 7. The highest BCUT2D eigenvalue weighted by atomic mass is 32.2. The molecule has 6 nitrogen and oxygen atoms in total. The first-order valence-corrected chi connectivity index (χ1v) is 16.6. The van der Waals surface area contributed by atoms with E-state index in [1.165, 1.54) is 34.6 Å². The summed E-state index contributed by atoms with van der Waals surface area (Å²) in [5.41, 5.74) is 3.98. The van der Waals surface area contributed by atoms with Gasteiger partial charge in [-0.2, -0.15) is 11.8 Å². The average molecular weight is 616 g/mol. The Kier molecular flexibility index (Phi) is 27.8. The lowest BCUT2D eigenvalue weighted by Gasteiger charge is -2.28. The van der Waals surface area contributed by atoms with Crippen molar-refractivity contribution in [3.05, 3.63) is 76.8 Å². The molecule has 1 aromatic rings. The molecule has 1 amide bonds. The molecule has 0 heterocycles. The van der Waals surface area contributed by atoms with Crippen molar-refractivity contribution in [2.75, 3.05) is 52.6 Å². The zero-order chi connectivity index (χ0) is 32.2. The molecule has 1 aliphatic carbocycles. The Labute approximate surface area is 264 Å². The first kappa shape index (κ1) is 41.3. The molecule has 1 aromatic carbocycles. The Morgan fingerprint density at radius 1 is 1.26 bits per heavy atom. The van der Waals surface area contributed by atoms with Crippen LogP contribution in [-0.2, 0) is 4.79 Å². The van der Waals surface area contributed by atoms with Crippen molar-refractivity contribution in [3.8, 4) is 18.1 Å². The lowest BCUT2D eigenvalue weighted by atomic mass is 9.77. The molecule has 42 heavy (non-hydrogen) atoms. The molecule has 0 aliphatic heterocycles. The van der Waals surface area contributed by atoms with E-state index in [0.717, 1.165) is 30.8 Å². The van der Waals surface area contributed by atoms with E-state index in [4.69, 9.17) is 4.74 Å². The number of nitrogens with zero attached hydrogens (tertiary/aromatic N) is 2. The van der Waals surface area contributed by atoms with Crippen LogP contribution in [0.15, 0.2) is 76.4 Å². The molecule has 0 saturated heterocycles. The van der Waals surface area contributed by atoms with Crippen LogP contribution in [0.2, 0.25) is 0 Å². The topological polar surface area (TPSA) is 74.2 Å². The van der Waals surface area contributed by atoms with Crippen molar-refractivity contribution in [1.82, 2.24) is 10.2 Å². The van der Waals surface area contributed by atoms with Crippen LogP contribution in [0.1, 0.15) is 57.9 Å². The van der Waals surface area contributed by atoms with Gasteiger partial charge < -0.3 is 20.2 Å². The summed E-state index contributed by atoms with van der Waals surface area (Å²) >= 11 is 3.63. The minimum absolute atomic E-state index is 0.310. The number of likely N-dealkylation sites (N-methyl/N-ethyl adjacent to an activating group) is 1. The number of nitrogens with one attached hydrogen (secondary N) is 1. The van der Waals surface area contributed by atoms with Gasteiger partial charge in [-0.1, -0.05) is 48.2 Å². The Bertz CT molecular complexity index is 1020. The van der Waals surface area contributed by atoms with Gasteiger partial charge in [0, 0.05) is 19.5 Å². The summed E-state index contributed by atoms with van der Waals surface area (Å²) in [6.45, 7) is 11.5. The number of unbranched alkanes of at least 4 members (excludes halogenated alkanes) is 1. The molecule has 0 aromatic heterocycles. The van der Waals surface area contributed by atoms with Crippen LogP contribution in [0.3, 0.4) is 0 Å². The van der Waals surface area contributed by atoms with Crippen molar-refractivity contribution in [2.24, 2.45) is 5.16 Å². The molecule has 2 rings (SSSR count). The summed E-state index contributed by atoms with van der Waals surface area (Å²) in [5, 5.41) is 15.3. The molecule has 0 radical (unpaired) electrons. The zero-order valence-electron chi connectivity index (χ0n) is 27.0. The predicted molar refractivity (Wildman–Crippen MR) is 188 cm³/mol. The standard InChI is InChI=1S/C17H21NO2S.C9H16S.C5H12N2O.C3H4/c1-11-16(12(2)21-4)9-14(10-17(11)18-19)13-5-7-15(20-3)8-6-13;1-3-4-5-6-7-8-9-10-2;1-7(2)4-3-6-5-8;1-3-2/h5-8,14,19H,1,9-10H2,2-4H3;3-6H,7-9H2,1-2H3;5H,3-4H2,1-2H3,(H,6,8);1H,2H3/b16-12-,18-17+;4-3-,6-5-;;. The number of amides is 1. The van der Waals surface area contributed by atoms with E-state index in [9.17, 15) is 10.0 Å². The fourth-order valence-electron chi connectivity index (χ4n) is 3.64. The molecule has 8 heteroatoms. The molecule has 0 spiro atoms. The summed E-state index contributed by atoms with van der Waals surface area (Å²) in [4.78, 5) is 12.9. The summed E-state index contributed by atoms with van der Waals surface area (Å²) in [6.07, 6.45) is 22.1. The Morgan fingerprint density at radius 3 is 2.38 bits per heavy atom. The maximum absolute atomic E-state index is 9.66. The third-order valence-corrected chi connectivity index (χ3v) is 7.54. The van der Waals surface area contributed by atoms with Gasteiger partial charge in [-0.15, -0.1) is 24.1 Å². The lowest BCUT2D eigenvalue weighted by molar-refractivity contribution is -0.109. The van der Waals surface area contributed by atoms with Crippen LogP contribution in [0.25, 0.3) is 0 Å². The Morgan fingerprint density at radius 2 is 1.90 bits per heavy atom. The fourth-order valence-corrected chi connectivity index (χ4v) is 4.55. The van der Waals surface area contributed by atoms with Crippen molar-refractivity contribution in [2.45, 2.75) is 52.4 Å². The molecule has 1 fully saturated rings. The van der Waals surface area contributed by atoms with Crippen LogP contribution < -0.4 is 10.1 Å². The first-order valence-electron chi connectivity index (χ1n) is 13.9. The van der Waals surface area contributed by atoms with Gasteiger partial charge in [0.25, 0.3) is 0 Å². The minimum Gasteiger partial charge on any atom is -0.497 e. The number of carbonyl (C=O) groups is 1. The number of benzene rings is 1. The monoisotopic (exact) mass is 615 g/mol. The second-order valence-electron chi connectivity index (χ2n) is 9.40. The van der Waals surface area contributed by atoms with Gasteiger partial charge in [-0.25, -0.2) is 0 Å². The predicted octanol–water partition coefficient (Wildman–Crippen LogP) is 7.79. The quantitative estimate of drug-likeness (QED) is 0.0625. The summed E-state index contributed by atoms with van der Waals surface area (Å²) in [5.74, 6) is 4.69. The molecular formula is C34H53N3O3S2. The number of ether oxygens (including phenoxy) is 1. The summed E-state index contributed by atoms with van der Waals surface area (Å²) in [6, 6.07) is 8.11. The SMILES string of the molecule is C#CC.C/C=C\C=C/CCCSC.C=C1/C(=C(/C)SC)CC(c2ccc(OC)cc2)C/C1=N\O.CN(C)CCNC=O. The maximum Gasteiger partial charge on any atom is 0.207 e. The molecule has 1 aliphatic rings. The lowest BCUT2D eigenvalue weighted by Crippen LogP contribution is -2.25. The number of rotatable bonds is 12. The van der Waals surface area contributed by atoms with Gasteiger partial charge in [-0.3, -0.25) is 4.79 Å². The molecule has 0 bridgehead atoms. The van der Waals surface area contributed by atoms with Crippen molar-refractivity contribution in [3.63, 3.8) is 0 Å². The number of hydrogen-bond donors (Lipinski definition) is 2. The molecule has 1 saturated carbocycles. The van der Waals surface area contributed by atoms with Crippen LogP contribution in [-0.4, -0.2) is 74.8 Å². The van der Waals surface area contributed by atoms with Crippen molar-refractivity contribution in [1.29, 1.82) is 0 Å². The van der Waals surface area contributed by atoms with E-state index in [0.29, 0.717) is 24.5 Å². The van der Waals surface area contributed by atoms with Gasteiger partial charge in [0.05, 0.1) is 12.8 Å². The number of carbonyl (C=O) groups excluding carboxylic acids is 1. The second kappa shape index (κ2) is 28.3. The van der Waals surface area contributed by atoms with Crippen LogP contribution in [0, 0.1) is 12.3 Å². The largest absolute Gasteiger partial charge is 0.497 e. The Hall–Kier alpha value is -2.86. The first-order chi connectivity index (χ1) is 20.2. The van der Waals surface area contributed by atoms with Gasteiger partial charge in [0.1, 0.15) is 5.75 Å². The van der Waals surface area contributed by atoms with Gasteiger partial charge in [0.2, 0.25) is 6.41 Å². The number of thioether (sulfide) groups is 2. The molecule has 234 valence electrons. The summed E-state index contributed by atoms with van der Waals surface area (Å²) in [7, 11) is 5.60. The van der Waals surface area contributed by atoms with Gasteiger partial charge in [-0.05, 0) is 112 Å². The minimum atomic E-state index is 0.310. The molecule has 1 atom stereocenters. The highest BCUT2D eigenvalue weighted by Crippen LogP contribution is 2.40. The van der Waals surface area contributed by atoms with Crippen molar-refractivity contribution >= 4 is 35.6 Å². The zero-order valence-corrected chi connectivity index (χ0v) is 28.6. The number of hydrogen-bond acceptors (Lipinski definition) is 7. The normalized spacial score (nSPS) is 16.4. The van der Waals surface area contributed by atoms with E-state index < -0.39 is 0 Å². The number of methoxy groups -OCH3 is 1. The average Bonchev–Trinajstić information content (AvgIpc) is 3.00. The van der Waals surface area contributed by atoms with Crippen LogP contribution in [0.5, 0.6) is 5.75 Å². The van der Waals surface area contributed by atoms with Gasteiger partial charge in [0.15, 0.2) is 0 Å². The number of terminal acetylenes is 1. The van der Waals surface area contributed by atoms with Crippen LogP contribution >= 0.6 is 23.5 Å². The smallest absolute Gasteiger partial charge is 0.207 e. The summed E-state index contributed by atoms with van der Waals surface area (Å²) < 4.78 is 5.20. The third kappa shape index (κ3) is 20.1. The maximum atomic E-state index is 9.66. The van der Waals surface area contributed by atoms with E-state index in [2.05, 4.69) is 79.2 Å². The highest BCUT2D eigenvalue weighted by molar-refractivity contribution is 8.02. The van der Waals surface area contributed by atoms with Gasteiger partial charge >= 0.3 is 0 Å². The van der Waals surface area contributed by atoms with Crippen molar-refractivity contribution < 1.29 is 14.7 Å². The highest BCUT2D eigenvalue weighted by Gasteiger charge is 2.27. The molecule has 2 N–H and O–H groups in total. The second-order valence-corrected chi connectivity index (χ2v) is 11.4. The molecular weight excluding hydrogens is 563 g/mol. The van der Waals surface area contributed by atoms with E-state index in [1.54, 1.807) is 25.8 Å². The number of oxime groups is 1. The fraction of sp³-hybridized carbons (Fsp3) is 0.471. The third-order valence-electron chi connectivity index (χ3n) is 5.99. The van der Waals surface area contributed by atoms with E-state index >= 15 is 0 Å². The van der Waals surface area contributed by atoms with Crippen LogP contribution in [0.4, 0.5) is 0 Å². The van der Waals surface area contributed by atoms with E-state index in [-0.39, 0.29) is 0 Å². The Balaban J connectivity index is 0. The molecule has 1 unspecified atom stereocenters.